The van der Waals surface area contributed by atoms with Crippen molar-refractivity contribution in [3.63, 3.8) is 0 Å². The number of amides is 2. The van der Waals surface area contributed by atoms with E-state index in [1.54, 1.807) is 28.0 Å². The third-order valence-corrected chi connectivity index (χ3v) is 5.43. The number of hydrogen-bond donors (Lipinski definition) is 1. The number of carbonyl (C=O) groups is 2. The number of benzene rings is 1. The van der Waals surface area contributed by atoms with Crippen molar-refractivity contribution in [1.82, 2.24) is 4.90 Å². The summed E-state index contributed by atoms with van der Waals surface area (Å²) >= 11 is 3.14. The fourth-order valence-corrected chi connectivity index (χ4v) is 3.81. The Bertz CT molecular complexity index is 718. The SMILES string of the molecule is CSc1ccccc1NC(=O)[C@@H]1COCC(=O)N1Cc1cccs1. The van der Waals surface area contributed by atoms with Gasteiger partial charge in [-0.15, -0.1) is 23.1 Å². The first-order valence-electron chi connectivity index (χ1n) is 7.52. The van der Waals surface area contributed by atoms with Gasteiger partial charge in [-0.1, -0.05) is 18.2 Å². The Morgan fingerprint density at radius 2 is 2.21 bits per heavy atom. The van der Waals surface area contributed by atoms with Gasteiger partial charge in [0.2, 0.25) is 11.8 Å². The summed E-state index contributed by atoms with van der Waals surface area (Å²) < 4.78 is 5.31. The molecular weight excluding hydrogens is 344 g/mol. The molecule has 1 N–H and O–H groups in total. The number of thiophene rings is 1. The largest absolute Gasteiger partial charge is 0.369 e. The minimum absolute atomic E-state index is 0.0244. The predicted molar refractivity (Wildman–Crippen MR) is 96.3 cm³/mol. The second kappa shape index (κ2) is 7.83. The van der Waals surface area contributed by atoms with Crippen molar-refractivity contribution >= 4 is 40.6 Å². The van der Waals surface area contributed by atoms with E-state index in [4.69, 9.17) is 4.74 Å². The quantitative estimate of drug-likeness (QED) is 0.831. The van der Waals surface area contributed by atoms with Crippen LogP contribution in [0.25, 0.3) is 0 Å². The number of carbonyl (C=O) groups excluding carboxylic acids is 2. The molecule has 126 valence electrons. The Balaban J connectivity index is 1.76. The monoisotopic (exact) mass is 362 g/mol. The number of rotatable bonds is 5. The summed E-state index contributed by atoms with van der Waals surface area (Å²) in [7, 11) is 0. The molecule has 24 heavy (non-hydrogen) atoms. The van der Waals surface area contributed by atoms with Gasteiger partial charge in [-0.25, -0.2) is 0 Å². The van der Waals surface area contributed by atoms with Crippen molar-refractivity contribution in [3.05, 3.63) is 46.7 Å². The number of hydrogen-bond acceptors (Lipinski definition) is 5. The Morgan fingerprint density at radius 1 is 1.38 bits per heavy atom. The minimum Gasteiger partial charge on any atom is -0.369 e. The van der Waals surface area contributed by atoms with Gasteiger partial charge < -0.3 is 15.0 Å². The summed E-state index contributed by atoms with van der Waals surface area (Å²) in [6, 6.07) is 10.9. The van der Waals surface area contributed by atoms with E-state index >= 15 is 0 Å². The molecule has 0 unspecified atom stereocenters. The molecule has 0 radical (unpaired) electrons. The van der Waals surface area contributed by atoms with Crippen LogP contribution in [0.2, 0.25) is 0 Å². The van der Waals surface area contributed by atoms with Crippen LogP contribution in [0.5, 0.6) is 0 Å². The zero-order chi connectivity index (χ0) is 16.9. The number of nitrogens with one attached hydrogen (secondary N) is 1. The summed E-state index contributed by atoms with van der Waals surface area (Å²) in [4.78, 5) is 28.6. The van der Waals surface area contributed by atoms with Crippen LogP contribution >= 0.6 is 23.1 Å². The summed E-state index contributed by atoms with van der Waals surface area (Å²) in [5, 5.41) is 4.89. The highest BCUT2D eigenvalue weighted by Crippen LogP contribution is 2.25. The molecule has 0 saturated carbocycles. The van der Waals surface area contributed by atoms with Gasteiger partial charge in [0.25, 0.3) is 0 Å². The Kier molecular flexibility index (Phi) is 5.55. The first-order chi connectivity index (χ1) is 11.7. The second-order valence-electron chi connectivity index (χ2n) is 5.32. The van der Waals surface area contributed by atoms with Crippen molar-refractivity contribution in [2.24, 2.45) is 0 Å². The highest BCUT2D eigenvalue weighted by Gasteiger charge is 2.34. The summed E-state index contributed by atoms with van der Waals surface area (Å²) in [5.74, 6) is -0.381. The van der Waals surface area contributed by atoms with Gasteiger partial charge in [0, 0.05) is 9.77 Å². The van der Waals surface area contributed by atoms with Gasteiger partial charge in [0.15, 0.2) is 0 Å². The molecule has 0 spiro atoms. The van der Waals surface area contributed by atoms with Crippen molar-refractivity contribution < 1.29 is 14.3 Å². The maximum absolute atomic E-state index is 12.7. The number of anilines is 1. The number of para-hydroxylation sites is 1. The van der Waals surface area contributed by atoms with E-state index < -0.39 is 6.04 Å². The minimum atomic E-state index is -0.622. The van der Waals surface area contributed by atoms with Crippen LogP contribution < -0.4 is 5.32 Å². The molecule has 7 heteroatoms. The molecule has 2 amide bonds. The van der Waals surface area contributed by atoms with Gasteiger partial charge >= 0.3 is 0 Å². The van der Waals surface area contributed by atoms with Crippen LogP contribution in [-0.2, 0) is 20.9 Å². The molecule has 5 nitrogen and oxygen atoms in total. The zero-order valence-electron chi connectivity index (χ0n) is 13.2. The van der Waals surface area contributed by atoms with Gasteiger partial charge in [0.1, 0.15) is 12.6 Å². The summed E-state index contributed by atoms with van der Waals surface area (Å²) in [6.45, 7) is 0.670. The molecule has 2 aromatic rings. The van der Waals surface area contributed by atoms with Crippen LogP contribution in [0, 0.1) is 0 Å². The number of thioether (sulfide) groups is 1. The van der Waals surface area contributed by atoms with E-state index in [0.29, 0.717) is 6.54 Å². The first kappa shape index (κ1) is 17.0. The van der Waals surface area contributed by atoms with Gasteiger partial charge in [0.05, 0.1) is 18.8 Å². The lowest BCUT2D eigenvalue weighted by molar-refractivity contribution is -0.153. The van der Waals surface area contributed by atoms with E-state index in [1.165, 1.54) is 0 Å². The Morgan fingerprint density at radius 3 is 2.96 bits per heavy atom. The highest BCUT2D eigenvalue weighted by atomic mass is 32.2. The Hall–Kier alpha value is -1.83. The molecule has 3 rings (SSSR count). The van der Waals surface area contributed by atoms with Crippen LogP contribution in [0.1, 0.15) is 4.88 Å². The normalized spacial score (nSPS) is 17.8. The van der Waals surface area contributed by atoms with E-state index in [2.05, 4.69) is 5.32 Å². The number of morpholine rings is 1. The first-order valence-corrected chi connectivity index (χ1v) is 9.63. The third kappa shape index (κ3) is 3.80. The van der Waals surface area contributed by atoms with Crippen molar-refractivity contribution in [3.8, 4) is 0 Å². The van der Waals surface area contributed by atoms with Gasteiger partial charge in [-0.3, -0.25) is 9.59 Å². The topological polar surface area (TPSA) is 58.6 Å². The lowest BCUT2D eigenvalue weighted by Crippen LogP contribution is -2.54. The molecular formula is C17H18N2O3S2. The number of ether oxygens (including phenoxy) is 1. The maximum Gasteiger partial charge on any atom is 0.249 e. The fraction of sp³-hybridized carbons (Fsp3) is 0.294. The average Bonchev–Trinajstić information content (AvgIpc) is 3.10. The second-order valence-corrected chi connectivity index (χ2v) is 7.20. The van der Waals surface area contributed by atoms with Crippen molar-refractivity contribution in [1.29, 1.82) is 0 Å². The smallest absolute Gasteiger partial charge is 0.249 e. The van der Waals surface area contributed by atoms with Crippen LogP contribution in [0.3, 0.4) is 0 Å². The molecule has 0 aliphatic carbocycles. The highest BCUT2D eigenvalue weighted by molar-refractivity contribution is 7.98. The molecule has 1 fully saturated rings. The molecule has 1 aliphatic rings. The van der Waals surface area contributed by atoms with Crippen LogP contribution in [0.15, 0.2) is 46.7 Å². The molecule has 0 bridgehead atoms. The van der Waals surface area contributed by atoms with E-state index in [9.17, 15) is 9.59 Å². The molecule has 2 heterocycles. The zero-order valence-corrected chi connectivity index (χ0v) is 14.9. The molecule has 1 atom stereocenters. The third-order valence-electron chi connectivity index (χ3n) is 3.77. The summed E-state index contributed by atoms with van der Waals surface area (Å²) in [6.07, 6.45) is 1.96. The lowest BCUT2D eigenvalue weighted by Gasteiger charge is -2.34. The van der Waals surface area contributed by atoms with Crippen LogP contribution in [0.4, 0.5) is 5.69 Å². The van der Waals surface area contributed by atoms with Gasteiger partial charge in [-0.2, -0.15) is 0 Å². The standard InChI is InChI=1S/C17H18N2O3S2/c1-23-15-7-3-2-6-13(15)18-17(21)14-10-22-11-16(20)19(14)9-12-5-4-8-24-12/h2-8,14H,9-11H2,1H3,(H,18,21)/t14-/m0/s1. The molecule has 1 aromatic carbocycles. The Labute approximate surface area is 149 Å². The van der Waals surface area contributed by atoms with Crippen molar-refractivity contribution in [2.75, 3.05) is 24.8 Å². The molecule has 1 aromatic heterocycles. The van der Waals surface area contributed by atoms with Crippen molar-refractivity contribution in [2.45, 2.75) is 17.5 Å². The fourth-order valence-electron chi connectivity index (χ4n) is 2.55. The molecule has 1 aliphatic heterocycles. The summed E-state index contributed by atoms with van der Waals surface area (Å²) in [5.41, 5.74) is 0.754. The van der Waals surface area contributed by atoms with E-state index in [1.807, 2.05) is 48.0 Å². The lowest BCUT2D eigenvalue weighted by atomic mass is 10.2. The van der Waals surface area contributed by atoms with E-state index in [-0.39, 0.29) is 25.0 Å². The predicted octanol–water partition coefficient (Wildman–Crippen LogP) is 2.84. The van der Waals surface area contributed by atoms with Crippen LogP contribution in [-0.4, -0.2) is 42.2 Å². The number of nitrogens with zero attached hydrogens (tertiary/aromatic N) is 1. The van der Waals surface area contributed by atoms with E-state index in [0.717, 1.165) is 15.5 Å². The maximum atomic E-state index is 12.7. The van der Waals surface area contributed by atoms with Gasteiger partial charge in [-0.05, 0) is 29.8 Å². The molecule has 1 saturated heterocycles. The average molecular weight is 362 g/mol.